The first-order valence-electron chi connectivity index (χ1n) is 4.49. The standard InChI is InChI=1S/C9H14N4O/c1-4-10-9(14)13-8-11-6(2)5-7(3)12-8/h5H,4H2,1-3H3,(H2,10,11,12,13,14). The van der Waals surface area contributed by atoms with Crippen LogP contribution in [0.5, 0.6) is 0 Å². The summed E-state index contributed by atoms with van der Waals surface area (Å²) in [4.78, 5) is 19.3. The van der Waals surface area contributed by atoms with Crippen molar-refractivity contribution in [1.82, 2.24) is 15.3 Å². The van der Waals surface area contributed by atoms with Gasteiger partial charge in [-0.1, -0.05) is 0 Å². The molecule has 1 aromatic rings. The summed E-state index contributed by atoms with van der Waals surface area (Å²) < 4.78 is 0. The average molecular weight is 194 g/mol. The van der Waals surface area contributed by atoms with Crippen LogP contribution < -0.4 is 10.6 Å². The van der Waals surface area contributed by atoms with E-state index in [-0.39, 0.29) is 6.03 Å². The molecule has 76 valence electrons. The number of amides is 2. The van der Waals surface area contributed by atoms with Gasteiger partial charge in [0.15, 0.2) is 0 Å². The van der Waals surface area contributed by atoms with E-state index in [1.165, 1.54) is 0 Å². The number of carbonyl (C=O) groups is 1. The first kappa shape index (κ1) is 10.4. The molecule has 0 aliphatic heterocycles. The summed E-state index contributed by atoms with van der Waals surface area (Å²) in [5.74, 6) is 0.341. The highest BCUT2D eigenvalue weighted by Gasteiger charge is 2.03. The minimum Gasteiger partial charge on any atom is -0.338 e. The van der Waals surface area contributed by atoms with Gasteiger partial charge in [0.25, 0.3) is 0 Å². The summed E-state index contributed by atoms with van der Waals surface area (Å²) in [5.41, 5.74) is 1.67. The zero-order chi connectivity index (χ0) is 10.6. The second-order valence-electron chi connectivity index (χ2n) is 2.96. The first-order valence-corrected chi connectivity index (χ1v) is 4.49. The fraction of sp³-hybridized carbons (Fsp3) is 0.444. The Morgan fingerprint density at radius 1 is 1.36 bits per heavy atom. The highest BCUT2D eigenvalue weighted by atomic mass is 16.2. The number of urea groups is 1. The third-order valence-electron chi connectivity index (χ3n) is 1.54. The van der Waals surface area contributed by atoms with Gasteiger partial charge in [0, 0.05) is 17.9 Å². The molecule has 1 aromatic heterocycles. The number of rotatable bonds is 2. The normalized spacial score (nSPS) is 9.64. The maximum absolute atomic E-state index is 11.1. The molecule has 0 spiro atoms. The monoisotopic (exact) mass is 194 g/mol. The van der Waals surface area contributed by atoms with Crippen LogP contribution in [-0.4, -0.2) is 22.5 Å². The number of aromatic nitrogens is 2. The number of hydrogen-bond donors (Lipinski definition) is 2. The smallest absolute Gasteiger partial charge is 0.321 e. The molecule has 14 heavy (non-hydrogen) atoms. The van der Waals surface area contributed by atoms with Crippen molar-refractivity contribution in [3.63, 3.8) is 0 Å². The quantitative estimate of drug-likeness (QED) is 0.744. The summed E-state index contributed by atoms with van der Waals surface area (Å²) in [6.45, 7) is 6.15. The molecule has 2 amide bonds. The predicted molar refractivity (Wildman–Crippen MR) is 54.2 cm³/mol. The van der Waals surface area contributed by atoms with Gasteiger partial charge in [-0.2, -0.15) is 0 Å². The van der Waals surface area contributed by atoms with Gasteiger partial charge < -0.3 is 5.32 Å². The molecule has 2 N–H and O–H groups in total. The lowest BCUT2D eigenvalue weighted by molar-refractivity contribution is 0.252. The van der Waals surface area contributed by atoms with E-state index in [2.05, 4.69) is 20.6 Å². The van der Waals surface area contributed by atoms with E-state index < -0.39 is 0 Å². The second-order valence-corrected chi connectivity index (χ2v) is 2.96. The molecule has 1 rings (SSSR count). The lowest BCUT2D eigenvalue weighted by atomic mass is 10.4. The molecular weight excluding hydrogens is 180 g/mol. The zero-order valence-corrected chi connectivity index (χ0v) is 8.59. The Morgan fingerprint density at radius 3 is 2.43 bits per heavy atom. The summed E-state index contributed by atoms with van der Waals surface area (Å²) >= 11 is 0. The maximum atomic E-state index is 11.1. The van der Waals surface area contributed by atoms with Crippen LogP contribution in [-0.2, 0) is 0 Å². The van der Waals surface area contributed by atoms with Crippen LogP contribution in [0, 0.1) is 13.8 Å². The minimum atomic E-state index is -0.280. The van der Waals surface area contributed by atoms with Crippen molar-refractivity contribution in [3.05, 3.63) is 17.5 Å². The fourth-order valence-corrected chi connectivity index (χ4v) is 1.09. The second kappa shape index (κ2) is 4.55. The molecule has 0 aliphatic carbocycles. The van der Waals surface area contributed by atoms with Gasteiger partial charge in [-0.3, -0.25) is 5.32 Å². The van der Waals surface area contributed by atoms with Crippen molar-refractivity contribution in [2.75, 3.05) is 11.9 Å². The molecule has 0 aromatic carbocycles. The fourth-order valence-electron chi connectivity index (χ4n) is 1.09. The summed E-state index contributed by atoms with van der Waals surface area (Å²) in [5, 5.41) is 5.16. The van der Waals surface area contributed by atoms with E-state index in [0.717, 1.165) is 11.4 Å². The highest BCUT2D eigenvalue weighted by molar-refractivity contribution is 5.87. The molecular formula is C9H14N4O. The SMILES string of the molecule is CCNC(=O)Nc1nc(C)cc(C)n1. The van der Waals surface area contributed by atoms with E-state index in [1.807, 2.05) is 26.8 Å². The van der Waals surface area contributed by atoms with Crippen LogP contribution in [0.15, 0.2) is 6.07 Å². The van der Waals surface area contributed by atoms with Crippen LogP contribution in [0.1, 0.15) is 18.3 Å². The molecule has 0 saturated carbocycles. The van der Waals surface area contributed by atoms with Crippen molar-refractivity contribution < 1.29 is 4.79 Å². The molecule has 0 aliphatic rings. The van der Waals surface area contributed by atoms with Crippen LogP contribution in [0.4, 0.5) is 10.7 Å². The summed E-state index contributed by atoms with van der Waals surface area (Å²) in [6, 6.07) is 1.57. The number of nitrogens with zero attached hydrogens (tertiary/aromatic N) is 2. The van der Waals surface area contributed by atoms with Gasteiger partial charge in [-0.25, -0.2) is 14.8 Å². The van der Waals surface area contributed by atoms with Gasteiger partial charge in [-0.15, -0.1) is 0 Å². The van der Waals surface area contributed by atoms with Crippen molar-refractivity contribution >= 4 is 12.0 Å². The Morgan fingerprint density at radius 2 is 1.93 bits per heavy atom. The van der Waals surface area contributed by atoms with Crippen molar-refractivity contribution in [2.24, 2.45) is 0 Å². The zero-order valence-electron chi connectivity index (χ0n) is 8.59. The lowest BCUT2D eigenvalue weighted by Gasteiger charge is -2.05. The molecule has 0 unspecified atom stereocenters. The molecule has 0 fully saturated rings. The van der Waals surface area contributed by atoms with Crippen molar-refractivity contribution in [1.29, 1.82) is 0 Å². The van der Waals surface area contributed by atoms with Crippen LogP contribution in [0.3, 0.4) is 0 Å². The number of aryl methyl sites for hydroxylation is 2. The van der Waals surface area contributed by atoms with Crippen molar-refractivity contribution in [2.45, 2.75) is 20.8 Å². The third-order valence-corrected chi connectivity index (χ3v) is 1.54. The predicted octanol–water partition coefficient (Wildman–Crippen LogP) is 1.23. The number of anilines is 1. The molecule has 0 saturated heterocycles. The highest BCUT2D eigenvalue weighted by Crippen LogP contribution is 2.02. The van der Waals surface area contributed by atoms with E-state index in [1.54, 1.807) is 0 Å². The van der Waals surface area contributed by atoms with Gasteiger partial charge in [0.2, 0.25) is 5.95 Å². The maximum Gasteiger partial charge on any atom is 0.321 e. The van der Waals surface area contributed by atoms with Crippen LogP contribution in [0.2, 0.25) is 0 Å². The van der Waals surface area contributed by atoms with E-state index in [9.17, 15) is 4.79 Å². The van der Waals surface area contributed by atoms with Crippen LogP contribution >= 0.6 is 0 Å². The van der Waals surface area contributed by atoms with E-state index in [4.69, 9.17) is 0 Å². The molecule has 0 bridgehead atoms. The van der Waals surface area contributed by atoms with Crippen molar-refractivity contribution in [3.8, 4) is 0 Å². The number of hydrogen-bond acceptors (Lipinski definition) is 3. The Labute approximate surface area is 83.0 Å². The Hall–Kier alpha value is -1.65. The first-order chi connectivity index (χ1) is 6.61. The van der Waals surface area contributed by atoms with Gasteiger partial charge in [0.1, 0.15) is 0 Å². The number of nitrogens with one attached hydrogen (secondary N) is 2. The third kappa shape index (κ3) is 3.01. The Balaban J connectivity index is 2.71. The Kier molecular flexibility index (Phi) is 3.39. The molecule has 0 atom stereocenters. The summed E-state index contributed by atoms with van der Waals surface area (Å²) in [6.07, 6.45) is 0. The minimum absolute atomic E-state index is 0.280. The molecule has 5 nitrogen and oxygen atoms in total. The lowest BCUT2D eigenvalue weighted by Crippen LogP contribution is -2.29. The topological polar surface area (TPSA) is 66.9 Å². The molecule has 5 heteroatoms. The number of carbonyl (C=O) groups excluding carboxylic acids is 1. The largest absolute Gasteiger partial charge is 0.338 e. The van der Waals surface area contributed by atoms with Gasteiger partial charge in [-0.05, 0) is 26.8 Å². The Bertz CT molecular complexity index is 317. The summed E-state index contributed by atoms with van der Waals surface area (Å²) in [7, 11) is 0. The van der Waals surface area contributed by atoms with Crippen LogP contribution in [0.25, 0.3) is 0 Å². The van der Waals surface area contributed by atoms with E-state index in [0.29, 0.717) is 12.5 Å². The van der Waals surface area contributed by atoms with Gasteiger partial charge in [0.05, 0.1) is 0 Å². The average Bonchev–Trinajstić information content (AvgIpc) is 2.01. The van der Waals surface area contributed by atoms with Gasteiger partial charge >= 0.3 is 6.03 Å². The molecule has 0 radical (unpaired) electrons. The molecule has 1 heterocycles. The van der Waals surface area contributed by atoms with E-state index >= 15 is 0 Å².